The molecule has 1 saturated carbocycles. The van der Waals surface area contributed by atoms with Crippen molar-refractivity contribution in [3.8, 4) is 17.0 Å². The molecule has 7 nitrogen and oxygen atoms in total. The van der Waals surface area contributed by atoms with E-state index >= 15 is 0 Å². The number of fused-ring (bicyclic) bond motifs is 3. The van der Waals surface area contributed by atoms with Crippen molar-refractivity contribution in [3.05, 3.63) is 51.3 Å². The first-order valence-corrected chi connectivity index (χ1v) is 12.0. The van der Waals surface area contributed by atoms with Gasteiger partial charge in [-0.2, -0.15) is 0 Å². The summed E-state index contributed by atoms with van der Waals surface area (Å²) in [6.07, 6.45) is 4.65. The number of aromatic nitrogens is 1. The average molecular weight is 470 g/mol. The van der Waals surface area contributed by atoms with Crippen LogP contribution in [0.1, 0.15) is 68.1 Å². The van der Waals surface area contributed by atoms with Crippen LogP contribution in [0.25, 0.3) is 11.3 Å². The van der Waals surface area contributed by atoms with E-state index in [-0.39, 0.29) is 35.7 Å². The Morgan fingerprint density at radius 3 is 2.56 bits per heavy atom. The van der Waals surface area contributed by atoms with E-state index in [1.165, 1.54) is 6.07 Å². The Kier molecular flexibility index (Phi) is 6.87. The van der Waals surface area contributed by atoms with E-state index in [4.69, 9.17) is 14.2 Å². The number of hydrogen-bond donors (Lipinski definition) is 1. The number of benzene rings is 1. The summed E-state index contributed by atoms with van der Waals surface area (Å²) in [5.41, 5.74) is 2.91. The molecule has 2 aromatic rings. The third-order valence-corrected chi connectivity index (χ3v) is 7.06. The fraction of sp³-hybridized carbons (Fsp3) is 0.556. The van der Waals surface area contributed by atoms with Gasteiger partial charge in [0.15, 0.2) is 5.43 Å². The highest BCUT2D eigenvalue weighted by atomic mass is 16.5. The summed E-state index contributed by atoms with van der Waals surface area (Å²) in [5.74, 6) is 0.539. The molecule has 0 saturated heterocycles. The van der Waals surface area contributed by atoms with E-state index in [0.29, 0.717) is 36.4 Å². The van der Waals surface area contributed by atoms with Gasteiger partial charge in [-0.15, -0.1) is 0 Å². The number of pyridine rings is 1. The summed E-state index contributed by atoms with van der Waals surface area (Å²) >= 11 is 0. The molecule has 1 fully saturated rings. The molecular weight excluding hydrogens is 434 g/mol. The van der Waals surface area contributed by atoms with Crippen molar-refractivity contribution in [3.63, 3.8) is 0 Å². The number of esters is 1. The van der Waals surface area contributed by atoms with Gasteiger partial charge < -0.3 is 23.9 Å². The first kappa shape index (κ1) is 24.5. The van der Waals surface area contributed by atoms with Crippen molar-refractivity contribution in [2.45, 2.75) is 65.7 Å². The molecule has 0 amide bonds. The number of carbonyl (C=O) groups excluding carboxylic acids is 1. The van der Waals surface area contributed by atoms with E-state index in [1.54, 1.807) is 20.2 Å². The number of nitrogens with zero attached hydrogens (tertiary/aromatic N) is 1. The SMILES string of the molecule is CCOC(=O)c1cn2c(cc1=O)-c1cc(CO)c(OCC3CC(OC)C3)cc1CC2C(C)(C)C. The summed E-state index contributed by atoms with van der Waals surface area (Å²) in [7, 11) is 1.74. The Balaban J connectivity index is 1.74. The van der Waals surface area contributed by atoms with Gasteiger partial charge in [0.2, 0.25) is 0 Å². The molecule has 7 heteroatoms. The van der Waals surface area contributed by atoms with Gasteiger partial charge in [0, 0.05) is 36.5 Å². The minimum atomic E-state index is -0.604. The van der Waals surface area contributed by atoms with Gasteiger partial charge in [-0.05, 0) is 55.2 Å². The summed E-state index contributed by atoms with van der Waals surface area (Å²) in [5, 5.41) is 10.1. The second kappa shape index (κ2) is 9.55. The standard InChI is InChI=1S/C27H35NO6/c1-6-33-26(31)21-13-28-22(12-23(21)30)20-9-18(14-29)24(34-15-16-7-19(8-16)32-5)10-17(20)11-25(28)27(2,3)4/h9-10,12-13,16,19,25,29H,6-8,11,14-15H2,1-5H3. The number of methoxy groups -OCH3 is 1. The zero-order chi connectivity index (χ0) is 24.6. The lowest BCUT2D eigenvalue weighted by molar-refractivity contribution is -0.0144. The molecule has 1 unspecified atom stereocenters. The molecule has 1 aromatic carbocycles. The van der Waals surface area contributed by atoms with Crippen LogP contribution in [-0.2, 0) is 22.5 Å². The van der Waals surface area contributed by atoms with Crippen LogP contribution in [-0.4, -0.2) is 42.1 Å². The summed E-state index contributed by atoms with van der Waals surface area (Å²) in [4.78, 5) is 25.3. The second-order valence-electron chi connectivity index (χ2n) is 10.4. The lowest BCUT2D eigenvalue weighted by Crippen LogP contribution is -2.34. The molecule has 1 aromatic heterocycles. The maximum atomic E-state index is 12.9. The maximum Gasteiger partial charge on any atom is 0.343 e. The van der Waals surface area contributed by atoms with E-state index in [9.17, 15) is 14.7 Å². The largest absolute Gasteiger partial charge is 0.493 e. The molecule has 2 heterocycles. The first-order valence-electron chi connectivity index (χ1n) is 12.0. The first-order chi connectivity index (χ1) is 16.2. The van der Waals surface area contributed by atoms with Crippen LogP contribution in [0, 0.1) is 11.3 Å². The van der Waals surface area contributed by atoms with Crippen LogP contribution in [0.4, 0.5) is 0 Å². The molecule has 4 rings (SSSR count). The Bertz CT molecular complexity index is 1120. The van der Waals surface area contributed by atoms with E-state index in [0.717, 1.165) is 29.7 Å². The number of rotatable bonds is 7. The molecule has 1 atom stereocenters. The van der Waals surface area contributed by atoms with E-state index < -0.39 is 5.97 Å². The molecule has 0 radical (unpaired) electrons. The Labute approximate surface area is 200 Å². The molecule has 184 valence electrons. The molecule has 1 aliphatic carbocycles. The van der Waals surface area contributed by atoms with Crippen molar-refractivity contribution in [1.82, 2.24) is 4.57 Å². The van der Waals surface area contributed by atoms with Crippen molar-refractivity contribution >= 4 is 5.97 Å². The fourth-order valence-corrected chi connectivity index (χ4v) is 4.96. The van der Waals surface area contributed by atoms with Crippen molar-refractivity contribution in [2.24, 2.45) is 11.3 Å². The van der Waals surface area contributed by atoms with Crippen LogP contribution in [0.2, 0.25) is 0 Å². The van der Waals surface area contributed by atoms with Crippen LogP contribution in [0.3, 0.4) is 0 Å². The van der Waals surface area contributed by atoms with Crippen LogP contribution in [0.15, 0.2) is 29.2 Å². The average Bonchev–Trinajstić information content (AvgIpc) is 2.76. The van der Waals surface area contributed by atoms with E-state index in [1.807, 2.05) is 16.7 Å². The highest BCUT2D eigenvalue weighted by Crippen LogP contribution is 2.44. The summed E-state index contributed by atoms with van der Waals surface area (Å²) in [6.45, 7) is 8.81. The van der Waals surface area contributed by atoms with Gasteiger partial charge in [0.25, 0.3) is 0 Å². The van der Waals surface area contributed by atoms with Crippen molar-refractivity contribution in [1.29, 1.82) is 0 Å². The number of aliphatic hydroxyl groups is 1. The lowest BCUT2D eigenvalue weighted by atomic mass is 9.78. The number of ether oxygens (including phenoxy) is 3. The number of hydrogen-bond acceptors (Lipinski definition) is 6. The molecule has 34 heavy (non-hydrogen) atoms. The highest BCUT2D eigenvalue weighted by Gasteiger charge is 2.35. The molecular formula is C27H35NO6. The smallest absolute Gasteiger partial charge is 0.343 e. The van der Waals surface area contributed by atoms with Gasteiger partial charge in [-0.25, -0.2) is 4.79 Å². The van der Waals surface area contributed by atoms with Gasteiger partial charge in [-0.1, -0.05) is 20.8 Å². The number of aliphatic hydroxyl groups excluding tert-OH is 1. The van der Waals surface area contributed by atoms with Crippen molar-refractivity contribution < 1.29 is 24.1 Å². The lowest BCUT2D eigenvalue weighted by Gasteiger charge is -2.39. The zero-order valence-electron chi connectivity index (χ0n) is 20.7. The van der Waals surface area contributed by atoms with Gasteiger partial charge in [-0.3, -0.25) is 4.79 Å². The third kappa shape index (κ3) is 4.64. The zero-order valence-corrected chi connectivity index (χ0v) is 20.7. The van der Waals surface area contributed by atoms with E-state index in [2.05, 4.69) is 20.8 Å². The minimum absolute atomic E-state index is 0.0192. The number of carbonyl (C=O) groups is 1. The monoisotopic (exact) mass is 469 g/mol. The van der Waals surface area contributed by atoms with Gasteiger partial charge >= 0.3 is 5.97 Å². The van der Waals surface area contributed by atoms with Crippen molar-refractivity contribution in [2.75, 3.05) is 20.3 Å². The predicted octanol–water partition coefficient (Wildman–Crippen LogP) is 4.13. The van der Waals surface area contributed by atoms with Crippen LogP contribution < -0.4 is 10.2 Å². The second-order valence-corrected chi connectivity index (χ2v) is 10.4. The maximum absolute atomic E-state index is 12.9. The quantitative estimate of drug-likeness (QED) is 0.614. The summed E-state index contributed by atoms with van der Waals surface area (Å²) in [6, 6.07) is 5.46. The topological polar surface area (TPSA) is 87.0 Å². The fourth-order valence-electron chi connectivity index (χ4n) is 4.96. The normalized spacial score (nSPS) is 21.3. The Hall–Kier alpha value is -2.64. The third-order valence-electron chi connectivity index (χ3n) is 7.06. The molecule has 2 aliphatic rings. The minimum Gasteiger partial charge on any atom is -0.493 e. The molecule has 0 spiro atoms. The molecule has 1 N–H and O–H groups in total. The van der Waals surface area contributed by atoms with Crippen LogP contribution in [0.5, 0.6) is 5.75 Å². The van der Waals surface area contributed by atoms with Gasteiger partial charge in [0.05, 0.1) is 31.6 Å². The molecule has 1 aliphatic heterocycles. The van der Waals surface area contributed by atoms with Crippen LogP contribution >= 0.6 is 0 Å². The summed E-state index contributed by atoms with van der Waals surface area (Å²) < 4.78 is 18.6. The molecule has 0 bridgehead atoms. The Morgan fingerprint density at radius 1 is 1.21 bits per heavy atom. The van der Waals surface area contributed by atoms with Gasteiger partial charge in [0.1, 0.15) is 11.3 Å². The Morgan fingerprint density at radius 2 is 1.94 bits per heavy atom. The predicted molar refractivity (Wildman–Crippen MR) is 129 cm³/mol. The highest BCUT2D eigenvalue weighted by molar-refractivity contribution is 5.89.